The Labute approximate surface area is 199 Å². The van der Waals surface area contributed by atoms with Gasteiger partial charge in [-0.3, -0.25) is 4.79 Å². The molecule has 0 unspecified atom stereocenters. The molecule has 0 bridgehead atoms. The van der Waals surface area contributed by atoms with Gasteiger partial charge in [0.05, 0.1) is 31.5 Å². The van der Waals surface area contributed by atoms with Crippen LogP contribution in [0.3, 0.4) is 0 Å². The molecule has 1 fully saturated rings. The predicted octanol–water partition coefficient (Wildman–Crippen LogP) is 2.04. The number of aromatic nitrogens is 2. The molecule has 1 aromatic heterocycles. The largest absolute Gasteiger partial charge is 0.377 e. The number of ether oxygens (including phenoxy) is 2. The van der Waals surface area contributed by atoms with E-state index in [1.807, 2.05) is 31.2 Å². The van der Waals surface area contributed by atoms with E-state index in [1.165, 1.54) is 7.11 Å². The van der Waals surface area contributed by atoms with Crippen LogP contribution in [0.4, 0.5) is 16.3 Å². The van der Waals surface area contributed by atoms with Crippen LogP contribution in [0.15, 0.2) is 24.3 Å². The van der Waals surface area contributed by atoms with E-state index in [4.69, 9.17) is 19.4 Å². The van der Waals surface area contributed by atoms with E-state index in [0.29, 0.717) is 50.8 Å². The Morgan fingerprint density at radius 1 is 1.21 bits per heavy atom. The van der Waals surface area contributed by atoms with Crippen molar-refractivity contribution in [3.8, 4) is 11.4 Å². The highest BCUT2D eigenvalue weighted by molar-refractivity contribution is 5.89. The van der Waals surface area contributed by atoms with E-state index in [-0.39, 0.29) is 24.6 Å². The fourth-order valence-electron chi connectivity index (χ4n) is 4.29. The second-order valence-corrected chi connectivity index (χ2v) is 8.47. The van der Waals surface area contributed by atoms with Crippen molar-refractivity contribution < 1.29 is 19.1 Å². The summed E-state index contributed by atoms with van der Waals surface area (Å²) in [6, 6.07) is 7.40. The third kappa shape index (κ3) is 5.28. The molecule has 3 heterocycles. The smallest absolute Gasteiger partial charge is 0.319 e. The van der Waals surface area contributed by atoms with E-state index in [9.17, 15) is 9.59 Å². The number of nitrogens with one attached hydrogen (secondary N) is 2. The minimum Gasteiger partial charge on any atom is -0.377 e. The highest BCUT2D eigenvalue weighted by Gasteiger charge is 2.30. The van der Waals surface area contributed by atoms with Gasteiger partial charge in [-0.1, -0.05) is 0 Å². The van der Waals surface area contributed by atoms with Crippen molar-refractivity contribution >= 4 is 23.4 Å². The molecule has 1 aromatic carbocycles. The van der Waals surface area contributed by atoms with E-state index in [2.05, 4.69) is 22.5 Å². The number of amides is 3. The number of carbonyl (C=O) groups excluding carboxylic acids is 2. The van der Waals surface area contributed by atoms with Crippen LogP contribution in [0, 0.1) is 0 Å². The average molecular weight is 469 g/mol. The number of methoxy groups -OCH3 is 1. The highest BCUT2D eigenvalue weighted by Crippen LogP contribution is 2.31. The van der Waals surface area contributed by atoms with Gasteiger partial charge in [-0.2, -0.15) is 0 Å². The summed E-state index contributed by atoms with van der Waals surface area (Å²) in [7, 11) is 1.53. The zero-order chi connectivity index (χ0) is 24.1. The topological polar surface area (TPSA) is 109 Å². The number of fused-ring (bicyclic) bond motifs is 1. The summed E-state index contributed by atoms with van der Waals surface area (Å²) in [4.78, 5) is 38.2. The molecule has 0 spiro atoms. The fourth-order valence-corrected chi connectivity index (χ4v) is 4.29. The number of carbonyl (C=O) groups is 2. The van der Waals surface area contributed by atoms with E-state index in [1.54, 1.807) is 4.90 Å². The second kappa shape index (κ2) is 10.8. The molecule has 10 heteroatoms. The number of hydrogen-bond acceptors (Lipinski definition) is 7. The molecule has 4 rings (SSSR count). The molecule has 182 valence electrons. The molecule has 34 heavy (non-hydrogen) atoms. The standard InChI is InChI=1S/C24H32N6O4/c1-4-25-24(32)26-18-7-5-17(6-8-18)22-27-20-13-29(21(31)15-33-3)10-9-19(20)23(28-22)30-11-12-34-14-16(30)2/h5-8,16H,4,9-15H2,1-3H3,(H2,25,26,32)/t16-/m0/s1. The van der Waals surface area contributed by atoms with Gasteiger partial charge < -0.3 is 29.9 Å². The molecular weight excluding hydrogens is 436 g/mol. The maximum atomic E-state index is 12.5. The van der Waals surface area contributed by atoms with Gasteiger partial charge in [0.2, 0.25) is 5.91 Å². The van der Waals surface area contributed by atoms with Gasteiger partial charge >= 0.3 is 6.03 Å². The Bertz CT molecular complexity index is 1030. The molecular formula is C24H32N6O4. The summed E-state index contributed by atoms with van der Waals surface area (Å²) >= 11 is 0. The van der Waals surface area contributed by atoms with Crippen molar-refractivity contribution in [2.45, 2.75) is 32.9 Å². The number of morpholine rings is 1. The number of nitrogens with zero attached hydrogens (tertiary/aromatic N) is 4. The van der Waals surface area contributed by atoms with Crippen LogP contribution in [0.1, 0.15) is 25.1 Å². The first-order valence-corrected chi connectivity index (χ1v) is 11.7. The fraction of sp³-hybridized carbons (Fsp3) is 0.500. The Balaban J connectivity index is 1.67. The maximum absolute atomic E-state index is 12.5. The summed E-state index contributed by atoms with van der Waals surface area (Å²) < 4.78 is 10.7. The third-order valence-corrected chi connectivity index (χ3v) is 6.04. The van der Waals surface area contributed by atoms with Crippen molar-refractivity contribution in [2.75, 3.05) is 56.8 Å². The maximum Gasteiger partial charge on any atom is 0.319 e. The molecule has 0 aliphatic carbocycles. The second-order valence-electron chi connectivity index (χ2n) is 8.47. The van der Waals surface area contributed by atoms with Crippen LogP contribution in [0.2, 0.25) is 0 Å². The summed E-state index contributed by atoms with van der Waals surface area (Å²) in [5.74, 6) is 1.47. The number of rotatable bonds is 6. The number of urea groups is 1. The van der Waals surface area contributed by atoms with Gasteiger partial charge in [-0.25, -0.2) is 14.8 Å². The Hall–Kier alpha value is -3.24. The van der Waals surface area contributed by atoms with Gasteiger partial charge in [-0.15, -0.1) is 0 Å². The summed E-state index contributed by atoms with van der Waals surface area (Å²) in [6.07, 6.45) is 0.694. The normalized spacial score (nSPS) is 17.8. The molecule has 1 atom stereocenters. The molecule has 2 aromatic rings. The summed E-state index contributed by atoms with van der Waals surface area (Å²) in [5, 5.41) is 5.51. The van der Waals surface area contributed by atoms with Crippen LogP contribution in [-0.4, -0.2) is 79.4 Å². The predicted molar refractivity (Wildman–Crippen MR) is 129 cm³/mol. The first kappa shape index (κ1) is 23.9. The van der Waals surface area contributed by atoms with Gasteiger partial charge in [0, 0.05) is 43.6 Å². The molecule has 3 amide bonds. The van der Waals surface area contributed by atoms with Crippen molar-refractivity contribution in [1.82, 2.24) is 20.2 Å². The molecule has 2 aliphatic rings. The van der Waals surface area contributed by atoms with Gasteiger partial charge in [0.25, 0.3) is 0 Å². The van der Waals surface area contributed by atoms with Crippen LogP contribution >= 0.6 is 0 Å². The highest BCUT2D eigenvalue weighted by atomic mass is 16.5. The van der Waals surface area contributed by atoms with Crippen LogP contribution in [0.25, 0.3) is 11.4 Å². The lowest BCUT2D eigenvalue weighted by molar-refractivity contribution is -0.136. The van der Waals surface area contributed by atoms with Crippen molar-refractivity contribution in [3.63, 3.8) is 0 Å². The molecule has 1 saturated heterocycles. The molecule has 0 saturated carbocycles. The summed E-state index contributed by atoms with van der Waals surface area (Å²) in [5.41, 5.74) is 3.48. The molecule has 2 aliphatic heterocycles. The van der Waals surface area contributed by atoms with Crippen LogP contribution < -0.4 is 15.5 Å². The number of anilines is 2. The summed E-state index contributed by atoms with van der Waals surface area (Å²) in [6.45, 7) is 7.70. The lowest BCUT2D eigenvalue weighted by atomic mass is 10.0. The Morgan fingerprint density at radius 2 is 2.00 bits per heavy atom. The molecule has 2 N–H and O–H groups in total. The monoisotopic (exact) mass is 468 g/mol. The van der Waals surface area contributed by atoms with Crippen LogP contribution in [0.5, 0.6) is 0 Å². The third-order valence-electron chi connectivity index (χ3n) is 6.04. The van der Waals surface area contributed by atoms with Gasteiger partial charge in [-0.05, 0) is 44.5 Å². The Morgan fingerprint density at radius 3 is 2.71 bits per heavy atom. The van der Waals surface area contributed by atoms with Gasteiger partial charge in [0.15, 0.2) is 5.82 Å². The lowest BCUT2D eigenvalue weighted by Crippen LogP contribution is -2.46. The Kier molecular flexibility index (Phi) is 7.59. The first-order chi connectivity index (χ1) is 16.5. The molecule has 10 nitrogen and oxygen atoms in total. The van der Waals surface area contributed by atoms with E-state index >= 15 is 0 Å². The van der Waals surface area contributed by atoms with Crippen molar-refractivity contribution in [3.05, 3.63) is 35.5 Å². The van der Waals surface area contributed by atoms with Crippen molar-refractivity contribution in [1.29, 1.82) is 0 Å². The van der Waals surface area contributed by atoms with E-state index in [0.717, 1.165) is 29.2 Å². The SMILES string of the molecule is CCNC(=O)Nc1ccc(-c2nc3c(c(N4CCOC[C@@H]4C)n2)CCN(C(=O)COC)C3)cc1. The minimum absolute atomic E-state index is 0.0459. The van der Waals surface area contributed by atoms with Crippen molar-refractivity contribution in [2.24, 2.45) is 0 Å². The zero-order valence-corrected chi connectivity index (χ0v) is 20.0. The average Bonchev–Trinajstić information content (AvgIpc) is 2.84. The first-order valence-electron chi connectivity index (χ1n) is 11.7. The van der Waals surface area contributed by atoms with Crippen LogP contribution in [-0.2, 0) is 27.2 Å². The number of hydrogen-bond donors (Lipinski definition) is 2. The molecule has 0 radical (unpaired) electrons. The van der Waals surface area contributed by atoms with E-state index < -0.39 is 0 Å². The number of benzene rings is 1. The quantitative estimate of drug-likeness (QED) is 0.668. The lowest BCUT2D eigenvalue weighted by Gasteiger charge is -2.37. The minimum atomic E-state index is -0.246. The zero-order valence-electron chi connectivity index (χ0n) is 20.0. The van der Waals surface area contributed by atoms with Gasteiger partial charge in [0.1, 0.15) is 12.4 Å².